The van der Waals surface area contributed by atoms with Gasteiger partial charge in [-0.05, 0) is 18.2 Å². The highest BCUT2D eigenvalue weighted by Crippen LogP contribution is 2.28. The van der Waals surface area contributed by atoms with Gasteiger partial charge in [-0.15, -0.1) is 0 Å². The number of benzene rings is 1. The highest BCUT2D eigenvalue weighted by molar-refractivity contribution is 7.94. The Morgan fingerprint density at radius 3 is 2.37 bits per heavy atom. The molecule has 0 saturated carbocycles. The second-order valence-electron chi connectivity index (χ2n) is 4.09. The van der Waals surface area contributed by atoms with Crippen LogP contribution in [0.4, 0.5) is 5.69 Å². The van der Waals surface area contributed by atoms with E-state index in [1.165, 1.54) is 18.2 Å². The van der Waals surface area contributed by atoms with E-state index in [0.29, 0.717) is 0 Å². The summed E-state index contributed by atoms with van der Waals surface area (Å²) in [7, 11) is -3.21. The quantitative estimate of drug-likeness (QED) is 0.810. The molecule has 1 amide bonds. The molecule has 0 bridgehead atoms. The van der Waals surface area contributed by atoms with Crippen LogP contribution in [0.15, 0.2) is 23.6 Å². The topological polar surface area (TPSA) is 89.3 Å². The van der Waals surface area contributed by atoms with Gasteiger partial charge in [0.2, 0.25) is 0 Å². The summed E-state index contributed by atoms with van der Waals surface area (Å²) < 4.78 is 22.4. The molecule has 0 spiro atoms. The third-order valence-electron chi connectivity index (χ3n) is 2.59. The maximum absolute atomic E-state index is 11.9. The van der Waals surface area contributed by atoms with Crippen LogP contribution >= 0.6 is 23.2 Å². The van der Waals surface area contributed by atoms with Gasteiger partial charge in [-0.25, -0.2) is 8.42 Å². The maximum Gasteiger partial charge on any atom is 0.251 e. The third-order valence-corrected chi connectivity index (χ3v) is 4.61. The molecule has 1 aliphatic rings. The van der Waals surface area contributed by atoms with Crippen molar-refractivity contribution in [2.24, 2.45) is 0 Å². The molecule has 8 heteroatoms. The molecule has 1 aromatic rings. The number of hydrogen-bond acceptors (Lipinski definition) is 4. The van der Waals surface area contributed by atoms with Crippen LogP contribution in [-0.2, 0) is 9.84 Å². The number of sulfone groups is 1. The first-order chi connectivity index (χ1) is 8.78. The Bertz CT molecular complexity index is 648. The molecule has 1 heterocycles. The molecule has 1 aliphatic heterocycles. The molecule has 2 rings (SSSR count). The molecule has 0 fully saturated rings. The number of nitrogens with one attached hydrogen (secondary N) is 1. The van der Waals surface area contributed by atoms with Gasteiger partial charge in [0.05, 0.1) is 27.5 Å². The minimum atomic E-state index is -3.21. The lowest BCUT2D eigenvalue weighted by Gasteiger charge is -2.11. The zero-order valence-corrected chi connectivity index (χ0v) is 11.9. The predicted molar refractivity (Wildman–Crippen MR) is 75.1 cm³/mol. The fourth-order valence-electron chi connectivity index (χ4n) is 1.63. The average Bonchev–Trinajstić information content (AvgIpc) is 2.64. The lowest BCUT2D eigenvalue weighted by atomic mass is 10.2. The van der Waals surface area contributed by atoms with E-state index in [-0.39, 0.29) is 27.0 Å². The first-order valence-electron chi connectivity index (χ1n) is 5.25. The zero-order chi connectivity index (χ0) is 14.2. The monoisotopic (exact) mass is 320 g/mol. The van der Waals surface area contributed by atoms with Gasteiger partial charge < -0.3 is 11.1 Å². The van der Waals surface area contributed by atoms with Gasteiger partial charge in [0.1, 0.15) is 0 Å². The van der Waals surface area contributed by atoms with Crippen LogP contribution in [0.5, 0.6) is 0 Å². The molecule has 1 unspecified atom stereocenters. The Balaban J connectivity index is 2.16. The molecule has 1 aromatic carbocycles. The minimum Gasteiger partial charge on any atom is -0.396 e. The third kappa shape index (κ3) is 3.20. The van der Waals surface area contributed by atoms with Crippen LogP contribution < -0.4 is 11.1 Å². The highest BCUT2D eigenvalue weighted by Gasteiger charge is 2.23. The van der Waals surface area contributed by atoms with Crippen LogP contribution in [0.2, 0.25) is 10.0 Å². The van der Waals surface area contributed by atoms with Gasteiger partial charge in [-0.2, -0.15) is 0 Å². The smallest absolute Gasteiger partial charge is 0.251 e. The fraction of sp³-hybridized carbons (Fsp3) is 0.182. The van der Waals surface area contributed by atoms with Crippen molar-refractivity contribution in [2.75, 3.05) is 11.5 Å². The SMILES string of the molecule is Nc1c(Cl)cc(C(=O)NC2C=CS(=O)(=O)C2)cc1Cl. The number of nitrogen functional groups attached to an aromatic ring is 1. The number of nitrogens with two attached hydrogens (primary N) is 1. The van der Waals surface area contributed by atoms with E-state index in [1.807, 2.05) is 0 Å². The molecule has 0 aromatic heterocycles. The van der Waals surface area contributed by atoms with Crippen molar-refractivity contribution in [2.45, 2.75) is 6.04 Å². The Morgan fingerprint density at radius 1 is 1.32 bits per heavy atom. The normalized spacial score (nSPS) is 20.4. The van der Waals surface area contributed by atoms with Crippen molar-refractivity contribution in [1.29, 1.82) is 0 Å². The van der Waals surface area contributed by atoms with Crippen LogP contribution in [-0.4, -0.2) is 26.1 Å². The van der Waals surface area contributed by atoms with Gasteiger partial charge in [0.15, 0.2) is 9.84 Å². The van der Waals surface area contributed by atoms with Gasteiger partial charge in [-0.1, -0.05) is 23.2 Å². The van der Waals surface area contributed by atoms with Crippen LogP contribution in [0, 0.1) is 0 Å². The van der Waals surface area contributed by atoms with Gasteiger partial charge in [-0.3, -0.25) is 4.79 Å². The molecular weight excluding hydrogens is 311 g/mol. The molecule has 19 heavy (non-hydrogen) atoms. The predicted octanol–water partition coefficient (Wildman–Crippen LogP) is 1.62. The summed E-state index contributed by atoms with van der Waals surface area (Å²) in [6.07, 6.45) is 1.42. The Kier molecular flexibility index (Phi) is 3.75. The molecule has 5 nitrogen and oxygen atoms in total. The number of halogens is 2. The van der Waals surface area contributed by atoms with Gasteiger partial charge >= 0.3 is 0 Å². The van der Waals surface area contributed by atoms with Crippen molar-refractivity contribution >= 4 is 44.6 Å². The van der Waals surface area contributed by atoms with E-state index in [9.17, 15) is 13.2 Å². The summed E-state index contributed by atoms with van der Waals surface area (Å²) in [5.41, 5.74) is 5.99. The lowest BCUT2D eigenvalue weighted by molar-refractivity contribution is 0.0947. The summed E-state index contributed by atoms with van der Waals surface area (Å²) in [5, 5.41) is 3.99. The largest absolute Gasteiger partial charge is 0.396 e. The van der Waals surface area contributed by atoms with E-state index in [0.717, 1.165) is 5.41 Å². The summed E-state index contributed by atoms with van der Waals surface area (Å²) in [5.74, 6) is -0.606. The first-order valence-corrected chi connectivity index (χ1v) is 7.72. The van der Waals surface area contributed by atoms with Crippen molar-refractivity contribution in [3.05, 3.63) is 39.2 Å². The number of carbonyl (C=O) groups excluding carboxylic acids is 1. The van der Waals surface area contributed by atoms with Gasteiger partial charge in [0, 0.05) is 11.0 Å². The summed E-state index contributed by atoms with van der Waals surface area (Å²) in [6.45, 7) is 0. The van der Waals surface area contributed by atoms with Crippen molar-refractivity contribution in [3.8, 4) is 0 Å². The minimum absolute atomic E-state index is 0.144. The van der Waals surface area contributed by atoms with Crippen LogP contribution in [0.3, 0.4) is 0 Å². The Morgan fingerprint density at radius 2 is 1.89 bits per heavy atom. The van der Waals surface area contributed by atoms with Crippen LogP contribution in [0.1, 0.15) is 10.4 Å². The van der Waals surface area contributed by atoms with E-state index in [4.69, 9.17) is 28.9 Å². The molecule has 3 N–H and O–H groups in total. The molecule has 102 valence electrons. The molecule has 0 radical (unpaired) electrons. The van der Waals surface area contributed by atoms with Crippen LogP contribution in [0.25, 0.3) is 0 Å². The second kappa shape index (κ2) is 5.03. The summed E-state index contributed by atoms with van der Waals surface area (Å²) in [6, 6.07) is 2.21. The number of rotatable bonds is 2. The van der Waals surface area contributed by atoms with Crippen molar-refractivity contribution in [1.82, 2.24) is 5.32 Å². The average molecular weight is 321 g/mol. The fourth-order valence-corrected chi connectivity index (χ4v) is 3.36. The van der Waals surface area contributed by atoms with E-state index in [2.05, 4.69) is 5.32 Å². The molecule has 0 aliphatic carbocycles. The van der Waals surface area contributed by atoms with E-state index >= 15 is 0 Å². The first kappa shape index (κ1) is 14.2. The molecule has 1 atom stereocenters. The maximum atomic E-state index is 11.9. The van der Waals surface area contributed by atoms with E-state index in [1.54, 1.807) is 0 Å². The highest BCUT2D eigenvalue weighted by atomic mass is 35.5. The van der Waals surface area contributed by atoms with Crippen molar-refractivity contribution in [3.63, 3.8) is 0 Å². The Labute approximate surface area is 120 Å². The summed E-state index contributed by atoms with van der Waals surface area (Å²) in [4.78, 5) is 11.9. The molecular formula is C11H10Cl2N2O3S. The zero-order valence-electron chi connectivity index (χ0n) is 9.56. The van der Waals surface area contributed by atoms with E-state index < -0.39 is 21.8 Å². The van der Waals surface area contributed by atoms with Crippen molar-refractivity contribution < 1.29 is 13.2 Å². The Hall–Kier alpha value is -1.24. The number of amides is 1. The lowest BCUT2D eigenvalue weighted by Crippen LogP contribution is -2.35. The van der Waals surface area contributed by atoms with Gasteiger partial charge in [0.25, 0.3) is 5.91 Å². The summed E-state index contributed by atoms with van der Waals surface area (Å²) >= 11 is 11.7. The standard InChI is InChI=1S/C11H10Cl2N2O3S/c12-8-3-6(4-9(13)10(8)14)11(16)15-7-1-2-19(17,18)5-7/h1-4,7H,5,14H2,(H,15,16). The molecule has 0 saturated heterocycles. The number of hydrogen-bond donors (Lipinski definition) is 2. The number of carbonyl (C=O) groups is 1. The number of anilines is 1. The second-order valence-corrected chi connectivity index (χ2v) is 6.84.